The average molecular weight is 505 g/mol. The molecule has 36 heavy (non-hydrogen) atoms. The molecule has 1 N–H and O–H groups in total. The number of likely N-dealkylation sites (tertiary alicyclic amines) is 1. The molecule has 7 nitrogen and oxygen atoms in total. The first-order valence-corrected chi connectivity index (χ1v) is 13.5. The van der Waals surface area contributed by atoms with Crippen LogP contribution in [0.2, 0.25) is 0 Å². The quantitative estimate of drug-likeness (QED) is 0.465. The highest BCUT2D eigenvalue weighted by molar-refractivity contribution is 7.92. The van der Waals surface area contributed by atoms with E-state index in [4.69, 9.17) is 0 Å². The van der Waals surface area contributed by atoms with E-state index in [1.54, 1.807) is 30.3 Å². The number of carbonyl (C=O) groups excluding carboxylic acids is 1. The van der Waals surface area contributed by atoms with E-state index >= 15 is 0 Å². The van der Waals surface area contributed by atoms with Crippen molar-refractivity contribution in [3.8, 4) is 0 Å². The summed E-state index contributed by atoms with van der Waals surface area (Å²) in [7, 11) is -3.94. The smallest absolute Gasteiger partial charge is 0.264 e. The standard InChI is InChI=1S/C28H32N4O3S/c1-22-13-14-26(19-23(22)2)32(36(34,35)27-11-7-4-8-12-27)21-28(33)30-29-25-15-17-31(18-16-25)20-24-9-5-3-6-10-24/h3-14,19H,15-18,20-21H2,1-2H3,(H,30,33). The van der Waals surface area contributed by atoms with Crippen LogP contribution in [0, 0.1) is 13.8 Å². The summed E-state index contributed by atoms with van der Waals surface area (Å²) in [5.41, 5.74) is 7.22. The first kappa shape index (κ1) is 25.6. The van der Waals surface area contributed by atoms with E-state index in [-0.39, 0.29) is 11.4 Å². The largest absolute Gasteiger partial charge is 0.298 e. The Morgan fingerprint density at radius 1 is 0.917 bits per heavy atom. The number of nitrogens with zero attached hydrogens (tertiary/aromatic N) is 3. The van der Waals surface area contributed by atoms with E-state index in [2.05, 4.69) is 27.6 Å². The Hall–Kier alpha value is -3.49. The number of hydrogen-bond acceptors (Lipinski definition) is 5. The minimum Gasteiger partial charge on any atom is -0.298 e. The van der Waals surface area contributed by atoms with Gasteiger partial charge in [-0.15, -0.1) is 0 Å². The Morgan fingerprint density at radius 3 is 2.19 bits per heavy atom. The van der Waals surface area contributed by atoms with E-state index in [0.717, 1.165) is 53.6 Å². The summed E-state index contributed by atoms with van der Waals surface area (Å²) in [6, 6.07) is 23.9. The third kappa shape index (κ3) is 6.38. The van der Waals surface area contributed by atoms with Crippen LogP contribution in [0.3, 0.4) is 0 Å². The first-order chi connectivity index (χ1) is 17.3. The fourth-order valence-electron chi connectivity index (χ4n) is 4.15. The molecule has 1 saturated heterocycles. The maximum absolute atomic E-state index is 13.5. The van der Waals surface area contributed by atoms with Crippen molar-refractivity contribution in [1.29, 1.82) is 0 Å². The van der Waals surface area contributed by atoms with Crippen molar-refractivity contribution in [2.45, 2.75) is 38.1 Å². The van der Waals surface area contributed by atoms with Crippen LogP contribution in [-0.4, -0.2) is 44.6 Å². The summed E-state index contributed by atoms with van der Waals surface area (Å²) < 4.78 is 28.1. The Labute approximate surface area is 213 Å². The predicted octanol–water partition coefficient (Wildman–Crippen LogP) is 4.27. The Balaban J connectivity index is 1.43. The molecule has 4 rings (SSSR count). The lowest BCUT2D eigenvalue weighted by Gasteiger charge is -2.27. The van der Waals surface area contributed by atoms with Gasteiger partial charge in [-0.1, -0.05) is 54.6 Å². The maximum atomic E-state index is 13.5. The van der Waals surface area contributed by atoms with Gasteiger partial charge in [0.15, 0.2) is 0 Å². The van der Waals surface area contributed by atoms with Gasteiger partial charge < -0.3 is 0 Å². The Morgan fingerprint density at radius 2 is 1.56 bits per heavy atom. The summed E-state index contributed by atoms with van der Waals surface area (Å²) in [6.45, 7) is 6.13. The second kappa shape index (κ2) is 11.5. The molecule has 188 valence electrons. The van der Waals surface area contributed by atoms with Gasteiger partial charge in [0.05, 0.1) is 10.6 Å². The van der Waals surface area contributed by atoms with Crippen molar-refractivity contribution in [2.24, 2.45) is 5.10 Å². The van der Waals surface area contributed by atoms with Crippen molar-refractivity contribution in [2.75, 3.05) is 23.9 Å². The molecule has 1 aliphatic heterocycles. The fraction of sp³-hybridized carbons (Fsp3) is 0.286. The molecule has 1 heterocycles. The van der Waals surface area contributed by atoms with Gasteiger partial charge in [-0.25, -0.2) is 13.8 Å². The SMILES string of the molecule is Cc1ccc(N(CC(=O)NN=C2CCN(Cc3ccccc3)CC2)S(=O)(=O)c2ccccc2)cc1C. The minimum absolute atomic E-state index is 0.133. The van der Waals surface area contributed by atoms with Gasteiger partial charge >= 0.3 is 0 Å². The van der Waals surface area contributed by atoms with Gasteiger partial charge in [-0.3, -0.25) is 14.0 Å². The third-order valence-electron chi connectivity index (χ3n) is 6.42. The first-order valence-electron chi connectivity index (χ1n) is 12.1. The summed E-state index contributed by atoms with van der Waals surface area (Å²) in [6.07, 6.45) is 1.52. The Bertz CT molecular complexity index is 1320. The normalized spacial score (nSPS) is 14.3. The fourth-order valence-corrected chi connectivity index (χ4v) is 5.58. The molecule has 0 aliphatic carbocycles. The molecule has 8 heteroatoms. The zero-order valence-corrected chi connectivity index (χ0v) is 21.5. The van der Waals surface area contributed by atoms with E-state index in [0.29, 0.717) is 5.69 Å². The number of amides is 1. The van der Waals surface area contributed by atoms with Gasteiger partial charge in [0.25, 0.3) is 15.9 Å². The predicted molar refractivity (Wildman–Crippen MR) is 143 cm³/mol. The lowest BCUT2D eigenvalue weighted by atomic mass is 10.1. The van der Waals surface area contributed by atoms with Crippen molar-refractivity contribution >= 4 is 27.3 Å². The van der Waals surface area contributed by atoms with Gasteiger partial charge in [-0.05, 0) is 54.8 Å². The summed E-state index contributed by atoms with van der Waals surface area (Å²) in [4.78, 5) is 15.4. The monoisotopic (exact) mass is 504 g/mol. The summed E-state index contributed by atoms with van der Waals surface area (Å²) >= 11 is 0. The zero-order chi connectivity index (χ0) is 25.5. The van der Waals surface area contributed by atoms with Crippen LogP contribution in [0.5, 0.6) is 0 Å². The summed E-state index contributed by atoms with van der Waals surface area (Å²) in [5.74, 6) is -0.480. The molecular formula is C28H32N4O3S. The lowest BCUT2D eigenvalue weighted by molar-refractivity contribution is -0.119. The molecule has 0 unspecified atom stereocenters. The number of hydrogen-bond donors (Lipinski definition) is 1. The lowest BCUT2D eigenvalue weighted by Crippen LogP contribution is -2.40. The van der Waals surface area contributed by atoms with Crippen molar-refractivity contribution in [3.05, 3.63) is 95.6 Å². The van der Waals surface area contributed by atoms with Crippen molar-refractivity contribution in [1.82, 2.24) is 10.3 Å². The topological polar surface area (TPSA) is 82.1 Å². The van der Waals surface area contributed by atoms with Crippen molar-refractivity contribution < 1.29 is 13.2 Å². The highest BCUT2D eigenvalue weighted by Gasteiger charge is 2.27. The number of hydrazone groups is 1. The number of sulfonamides is 1. The number of nitrogens with one attached hydrogen (secondary N) is 1. The number of aryl methyl sites for hydroxylation is 2. The Kier molecular flexibility index (Phi) is 8.18. The molecule has 1 fully saturated rings. The van der Waals surface area contributed by atoms with Gasteiger partial charge in [0, 0.05) is 38.2 Å². The van der Waals surface area contributed by atoms with E-state index in [1.165, 1.54) is 17.7 Å². The molecule has 3 aromatic carbocycles. The van der Waals surface area contributed by atoms with Crippen molar-refractivity contribution in [3.63, 3.8) is 0 Å². The van der Waals surface area contributed by atoms with E-state index in [1.807, 2.05) is 38.1 Å². The number of benzene rings is 3. The molecule has 0 atom stereocenters. The van der Waals surface area contributed by atoms with E-state index < -0.39 is 15.9 Å². The van der Waals surface area contributed by atoms with Crippen LogP contribution in [0.15, 0.2) is 88.9 Å². The third-order valence-corrected chi connectivity index (χ3v) is 8.21. The second-order valence-electron chi connectivity index (χ2n) is 9.07. The van der Waals surface area contributed by atoms with Gasteiger partial charge in [0.1, 0.15) is 6.54 Å². The van der Waals surface area contributed by atoms with Crippen LogP contribution >= 0.6 is 0 Å². The number of carbonyl (C=O) groups is 1. The number of rotatable bonds is 8. The molecule has 0 spiro atoms. The van der Waals surface area contributed by atoms with Crippen LogP contribution in [0.4, 0.5) is 5.69 Å². The van der Waals surface area contributed by atoms with Crippen LogP contribution in [0.25, 0.3) is 0 Å². The van der Waals surface area contributed by atoms with Crippen LogP contribution in [0.1, 0.15) is 29.5 Å². The summed E-state index contributed by atoms with van der Waals surface area (Å²) in [5, 5.41) is 4.33. The number of anilines is 1. The molecule has 0 radical (unpaired) electrons. The highest BCUT2D eigenvalue weighted by atomic mass is 32.2. The van der Waals surface area contributed by atoms with Crippen LogP contribution < -0.4 is 9.73 Å². The van der Waals surface area contributed by atoms with Gasteiger partial charge in [0.2, 0.25) is 0 Å². The maximum Gasteiger partial charge on any atom is 0.264 e. The highest BCUT2D eigenvalue weighted by Crippen LogP contribution is 2.25. The molecule has 1 amide bonds. The molecular weight excluding hydrogens is 472 g/mol. The molecule has 3 aromatic rings. The zero-order valence-electron chi connectivity index (χ0n) is 20.7. The van der Waals surface area contributed by atoms with Gasteiger partial charge in [-0.2, -0.15) is 5.10 Å². The molecule has 0 saturated carbocycles. The van der Waals surface area contributed by atoms with Crippen LogP contribution in [-0.2, 0) is 21.4 Å². The second-order valence-corrected chi connectivity index (χ2v) is 10.9. The molecule has 1 aliphatic rings. The average Bonchev–Trinajstić information content (AvgIpc) is 2.89. The van der Waals surface area contributed by atoms with E-state index in [9.17, 15) is 13.2 Å². The molecule has 0 aromatic heterocycles. The minimum atomic E-state index is -3.94. The number of piperidine rings is 1. The molecule has 0 bridgehead atoms.